The first-order valence-electron chi connectivity index (χ1n) is 14.1. The van der Waals surface area contributed by atoms with Crippen molar-refractivity contribution in [3.05, 3.63) is 121 Å². The van der Waals surface area contributed by atoms with Crippen LogP contribution in [0.15, 0.2) is 114 Å². The van der Waals surface area contributed by atoms with Gasteiger partial charge in [-0.15, -0.1) is 0 Å². The molecule has 8 nitrogen and oxygen atoms in total. The number of nitrogens with one attached hydrogen (secondary N) is 3. The number of rotatable bonds is 8. The Hall–Kier alpha value is -5.20. The molecule has 46 heavy (non-hydrogen) atoms. The molecule has 1 heterocycles. The molecular formula is C34H30F3N4O4S+. The molecule has 236 valence electrons. The Labute approximate surface area is 265 Å². The molecular weight excluding hydrogens is 617 g/mol. The zero-order chi connectivity index (χ0) is 32.8. The van der Waals surface area contributed by atoms with Gasteiger partial charge in [-0.25, -0.2) is 14.0 Å². The molecule has 0 saturated heterocycles. The van der Waals surface area contributed by atoms with E-state index in [1.165, 1.54) is 10.6 Å². The van der Waals surface area contributed by atoms with Gasteiger partial charge in [0.25, 0.3) is 0 Å². The number of anilines is 1. The molecule has 1 unspecified atom stereocenters. The summed E-state index contributed by atoms with van der Waals surface area (Å²) in [6.07, 6.45) is -4.42. The number of carbonyl (C=O) groups is 1. The predicted molar refractivity (Wildman–Crippen MR) is 172 cm³/mol. The second kappa shape index (κ2) is 13.8. The molecule has 4 N–H and O–H groups in total. The molecule has 0 aliphatic heterocycles. The number of aliphatic carboxylic acids is 1. The summed E-state index contributed by atoms with van der Waals surface area (Å²) in [5.74, 6) is -0.281. The van der Waals surface area contributed by atoms with Crippen molar-refractivity contribution in [2.45, 2.75) is 17.5 Å². The summed E-state index contributed by atoms with van der Waals surface area (Å²) >= 11 is 0. The molecule has 0 radical (unpaired) electrons. The van der Waals surface area contributed by atoms with Gasteiger partial charge in [0.2, 0.25) is 0 Å². The third-order valence-electron chi connectivity index (χ3n) is 6.88. The number of carboxylic acids is 1. The number of H-pyrrole nitrogens is 1. The highest BCUT2D eigenvalue weighted by molar-refractivity contribution is 7.86. The Kier molecular flexibility index (Phi) is 9.69. The molecule has 0 aliphatic carbocycles. The van der Waals surface area contributed by atoms with Gasteiger partial charge in [0.1, 0.15) is 23.0 Å². The van der Waals surface area contributed by atoms with E-state index < -0.39 is 23.1 Å². The lowest BCUT2D eigenvalue weighted by molar-refractivity contribution is -0.785. The minimum atomic E-state index is -5.08. The summed E-state index contributed by atoms with van der Waals surface area (Å²) in [6, 6.07) is 35.7. The van der Waals surface area contributed by atoms with Gasteiger partial charge in [-0.05, 0) is 66.2 Å². The van der Waals surface area contributed by atoms with E-state index in [-0.39, 0.29) is 0 Å². The average molecular weight is 648 g/mol. The van der Waals surface area contributed by atoms with E-state index in [1.54, 1.807) is 0 Å². The quantitative estimate of drug-likeness (QED) is 0.148. The normalized spacial score (nSPS) is 12.0. The lowest BCUT2D eigenvalue weighted by Crippen LogP contribution is -3.00. The van der Waals surface area contributed by atoms with Gasteiger partial charge < -0.3 is 24.4 Å². The molecule has 1 aromatic heterocycles. The molecule has 0 saturated carbocycles. The molecule has 1 atom stereocenters. The first kappa shape index (κ1) is 32.2. The Morgan fingerprint density at radius 1 is 0.891 bits per heavy atom. The molecule has 5 aromatic carbocycles. The van der Waals surface area contributed by atoms with E-state index in [2.05, 4.69) is 48.1 Å². The maximum Gasteiger partial charge on any atom is 0.490 e. The third kappa shape index (κ3) is 7.89. The maximum atomic E-state index is 13.4. The van der Waals surface area contributed by atoms with E-state index in [9.17, 15) is 17.4 Å². The number of alkyl halides is 3. The Bertz CT molecular complexity index is 2000. The predicted octanol–water partition coefficient (Wildman–Crippen LogP) is 6.64. The summed E-state index contributed by atoms with van der Waals surface area (Å²) in [7, 11) is 2.77. The molecule has 0 aliphatic rings. The molecule has 0 bridgehead atoms. The van der Waals surface area contributed by atoms with Crippen molar-refractivity contribution in [3.8, 4) is 11.5 Å². The Morgan fingerprint density at radius 2 is 1.54 bits per heavy atom. The summed E-state index contributed by atoms with van der Waals surface area (Å²) in [4.78, 5) is 19.1. The van der Waals surface area contributed by atoms with Crippen LogP contribution < -0.4 is 14.4 Å². The number of quaternary nitrogens is 1. The van der Waals surface area contributed by atoms with Crippen molar-refractivity contribution >= 4 is 50.1 Å². The fourth-order valence-corrected chi connectivity index (χ4v) is 5.77. The first-order chi connectivity index (χ1) is 22.0. The van der Waals surface area contributed by atoms with Crippen molar-refractivity contribution < 1.29 is 36.9 Å². The van der Waals surface area contributed by atoms with Crippen molar-refractivity contribution in [2.75, 3.05) is 18.8 Å². The van der Waals surface area contributed by atoms with E-state index in [0.717, 1.165) is 55.3 Å². The van der Waals surface area contributed by atoms with E-state index in [1.807, 2.05) is 84.9 Å². The minimum absolute atomic E-state index is 0.668. The van der Waals surface area contributed by atoms with Crippen molar-refractivity contribution in [1.82, 2.24) is 9.97 Å². The van der Waals surface area contributed by atoms with E-state index in [4.69, 9.17) is 19.6 Å². The Balaban J connectivity index is 0.000000537. The lowest BCUT2D eigenvalue weighted by Gasteiger charge is -2.13. The van der Waals surface area contributed by atoms with Crippen LogP contribution in [-0.2, 0) is 22.2 Å². The van der Waals surface area contributed by atoms with Gasteiger partial charge in [-0.2, -0.15) is 13.2 Å². The van der Waals surface area contributed by atoms with Crippen LogP contribution >= 0.6 is 0 Å². The van der Waals surface area contributed by atoms with Crippen LogP contribution in [0.25, 0.3) is 21.8 Å². The van der Waals surface area contributed by atoms with Crippen LogP contribution in [0, 0.1) is 0 Å². The van der Waals surface area contributed by atoms with Crippen molar-refractivity contribution in [2.24, 2.45) is 0 Å². The number of halogens is 3. The average Bonchev–Trinajstić information content (AvgIpc) is 3.43. The number of imidazole rings is 1. The number of aromatic nitrogens is 2. The van der Waals surface area contributed by atoms with Gasteiger partial charge in [0, 0.05) is 22.9 Å². The van der Waals surface area contributed by atoms with Crippen LogP contribution in [0.3, 0.4) is 0 Å². The van der Waals surface area contributed by atoms with Crippen LogP contribution in [0.5, 0.6) is 11.5 Å². The highest BCUT2D eigenvalue weighted by Gasteiger charge is 2.38. The van der Waals surface area contributed by atoms with Gasteiger partial charge in [-0.1, -0.05) is 48.5 Å². The monoisotopic (exact) mass is 647 g/mol. The zero-order valence-electron chi connectivity index (χ0n) is 24.8. The fourth-order valence-electron chi connectivity index (χ4n) is 4.74. The topological polar surface area (TPSA) is 109 Å². The van der Waals surface area contributed by atoms with Gasteiger partial charge in [0.05, 0.1) is 30.0 Å². The summed E-state index contributed by atoms with van der Waals surface area (Å²) in [5.41, 5.74) is 4.84. The molecule has 6 aromatic rings. The molecule has 6 rings (SSSR count). The third-order valence-corrected chi connectivity index (χ3v) is 8.05. The largest absolute Gasteiger partial charge is 0.490 e. The second-order valence-electron chi connectivity index (χ2n) is 10.5. The van der Waals surface area contributed by atoms with Crippen LogP contribution in [0.4, 0.5) is 24.5 Å². The fraction of sp³-hybridized carbons (Fsp3) is 0.118. The number of aromatic amines is 1. The standard InChI is InChI=1S/C32H28N4O2S.C2HF3O2/c1-36(2)30-12-6-11-27-26(30)10-7-13-31(27)39(37)35-23-16-19-28-29(21-23)34-32(33-28)20-22-14-17-25(18-15-22)38-24-8-4-3-5-9-24;3-2(4,5)1(6)7/h3-19,21,35H,20H2,1-2H3,(H,33,34);(H,6,7)/p+1. The van der Waals surface area contributed by atoms with Crippen LogP contribution in [0.2, 0.25) is 0 Å². The van der Waals surface area contributed by atoms with Gasteiger partial charge >= 0.3 is 12.1 Å². The summed E-state index contributed by atoms with van der Waals surface area (Å²) < 4.78 is 54.2. The van der Waals surface area contributed by atoms with E-state index in [0.29, 0.717) is 6.42 Å². The van der Waals surface area contributed by atoms with Crippen LogP contribution in [-0.4, -0.2) is 45.5 Å². The molecule has 12 heteroatoms. The SMILES string of the molecule is C[NH+](C)c1cccc2c(S(=O)Nc3ccc4nc(Cc5ccc(Oc6ccccc6)cc5)[nH]c4c3)cccc12.O=C(O)C(F)(F)F. The number of nitrogens with zero attached hydrogens (tertiary/aromatic N) is 1. The highest BCUT2D eigenvalue weighted by atomic mass is 32.2. The minimum Gasteiger partial charge on any atom is -0.475 e. The number of carboxylic acid groups (broad SMARTS) is 1. The number of fused-ring (bicyclic) bond motifs is 2. The zero-order valence-corrected chi connectivity index (χ0v) is 25.6. The van der Waals surface area contributed by atoms with E-state index >= 15 is 0 Å². The van der Waals surface area contributed by atoms with Crippen molar-refractivity contribution in [3.63, 3.8) is 0 Å². The van der Waals surface area contributed by atoms with Gasteiger partial charge in [-0.3, -0.25) is 0 Å². The number of hydrogen-bond donors (Lipinski definition) is 4. The molecule has 0 spiro atoms. The highest BCUT2D eigenvalue weighted by Crippen LogP contribution is 2.28. The number of para-hydroxylation sites is 1. The Morgan fingerprint density at radius 3 is 2.22 bits per heavy atom. The maximum absolute atomic E-state index is 13.4. The summed E-state index contributed by atoms with van der Waals surface area (Å²) in [5, 5.41) is 9.23. The number of hydrogen-bond acceptors (Lipinski definition) is 4. The first-order valence-corrected chi connectivity index (χ1v) is 15.2. The van der Waals surface area contributed by atoms with Crippen molar-refractivity contribution in [1.29, 1.82) is 0 Å². The number of benzene rings is 5. The second-order valence-corrected chi connectivity index (χ2v) is 11.7. The lowest BCUT2D eigenvalue weighted by atomic mass is 10.1. The molecule has 0 amide bonds. The summed E-state index contributed by atoms with van der Waals surface area (Å²) in [6.45, 7) is 0. The van der Waals surface area contributed by atoms with Gasteiger partial charge in [0.15, 0.2) is 11.0 Å². The van der Waals surface area contributed by atoms with Crippen LogP contribution in [0.1, 0.15) is 11.4 Å². The molecule has 0 fully saturated rings. The number of ether oxygens (including phenoxy) is 1. The smallest absolute Gasteiger partial charge is 0.475 e.